The van der Waals surface area contributed by atoms with Gasteiger partial charge in [-0.1, -0.05) is 23.2 Å². The van der Waals surface area contributed by atoms with Gasteiger partial charge >= 0.3 is 0 Å². The van der Waals surface area contributed by atoms with Gasteiger partial charge in [-0.15, -0.1) is 0 Å². The number of ether oxygens (including phenoxy) is 1. The Hall–Kier alpha value is -1.50. The van der Waals surface area contributed by atoms with Gasteiger partial charge in [-0.05, 0) is 19.1 Å². The van der Waals surface area contributed by atoms with E-state index in [2.05, 4.69) is 5.32 Å². The number of rotatable bonds is 6. The number of hydrogen-bond acceptors (Lipinski definition) is 4. The van der Waals surface area contributed by atoms with Crippen LogP contribution in [0.15, 0.2) is 18.2 Å². The van der Waals surface area contributed by atoms with Gasteiger partial charge in [0.15, 0.2) is 6.61 Å². The van der Waals surface area contributed by atoms with Crippen molar-refractivity contribution in [3.63, 3.8) is 0 Å². The molecule has 24 heavy (non-hydrogen) atoms. The van der Waals surface area contributed by atoms with Crippen LogP contribution in [-0.2, 0) is 9.59 Å². The fourth-order valence-electron chi connectivity index (χ4n) is 2.43. The molecule has 0 atom stereocenters. The number of carbonyl (C=O) groups excluding carboxylic acids is 2. The maximum Gasteiger partial charge on any atom is 0.260 e. The van der Waals surface area contributed by atoms with E-state index in [0.717, 1.165) is 0 Å². The van der Waals surface area contributed by atoms with Crippen LogP contribution < -0.4 is 10.1 Å². The predicted octanol–water partition coefficient (Wildman–Crippen LogP) is 1.65. The fourth-order valence-corrected chi connectivity index (χ4v) is 2.76. The van der Waals surface area contributed by atoms with Crippen molar-refractivity contribution in [2.24, 2.45) is 0 Å². The summed E-state index contributed by atoms with van der Waals surface area (Å²) in [5.74, 6) is 0.298. The van der Waals surface area contributed by atoms with Crippen molar-refractivity contribution < 1.29 is 14.3 Å². The minimum Gasteiger partial charge on any atom is -0.482 e. The highest BCUT2D eigenvalue weighted by Crippen LogP contribution is 2.27. The molecule has 1 aromatic carbocycles. The second-order valence-electron chi connectivity index (χ2n) is 5.47. The van der Waals surface area contributed by atoms with Crippen LogP contribution >= 0.6 is 23.2 Å². The number of carbonyl (C=O) groups is 2. The number of piperazine rings is 1. The molecule has 0 aliphatic carbocycles. The maximum atomic E-state index is 12.2. The normalized spacial score (nSPS) is 15.2. The van der Waals surface area contributed by atoms with Crippen molar-refractivity contribution in [2.45, 2.75) is 6.92 Å². The van der Waals surface area contributed by atoms with Crippen LogP contribution in [-0.4, -0.2) is 67.5 Å². The lowest BCUT2D eigenvalue weighted by atomic mass is 10.3. The average Bonchev–Trinajstić information content (AvgIpc) is 2.56. The zero-order valence-electron chi connectivity index (χ0n) is 13.6. The molecule has 0 saturated carbocycles. The Morgan fingerprint density at radius 3 is 2.58 bits per heavy atom. The summed E-state index contributed by atoms with van der Waals surface area (Å²) in [5.41, 5.74) is 0. The van der Waals surface area contributed by atoms with Crippen LogP contribution in [0.25, 0.3) is 0 Å². The first-order valence-electron chi connectivity index (χ1n) is 7.84. The molecule has 1 heterocycles. The Morgan fingerprint density at radius 1 is 1.21 bits per heavy atom. The first-order chi connectivity index (χ1) is 11.5. The van der Waals surface area contributed by atoms with Crippen LogP contribution in [0, 0.1) is 0 Å². The zero-order valence-corrected chi connectivity index (χ0v) is 15.1. The van der Waals surface area contributed by atoms with Gasteiger partial charge in [-0.2, -0.15) is 0 Å². The summed E-state index contributed by atoms with van der Waals surface area (Å²) in [6, 6.07) is 4.87. The maximum absolute atomic E-state index is 12.2. The van der Waals surface area contributed by atoms with E-state index >= 15 is 0 Å². The van der Waals surface area contributed by atoms with Crippen molar-refractivity contribution >= 4 is 35.0 Å². The molecule has 0 unspecified atom stereocenters. The Morgan fingerprint density at radius 2 is 1.92 bits per heavy atom. The molecular formula is C16H21Cl2N3O3. The topological polar surface area (TPSA) is 61.9 Å². The number of hydrogen-bond donors (Lipinski definition) is 1. The van der Waals surface area contributed by atoms with Crippen LogP contribution in [0.1, 0.15) is 6.92 Å². The van der Waals surface area contributed by atoms with Gasteiger partial charge in [-0.3, -0.25) is 14.5 Å². The molecular weight excluding hydrogens is 353 g/mol. The van der Waals surface area contributed by atoms with Crippen molar-refractivity contribution in [1.29, 1.82) is 0 Å². The molecule has 0 spiro atoms. The van der Waals surface area contributed by atoms with Gasteiger partial charge < -0.3 is 15.0 Å². The highest BCUT2D eigenvalue weighted by Gasteiger charge is 2.22. The van der Waals surface area contributed by atoms with Crippen LogP contribution in [0.3, 0.4) is 0 Å². The zero-order chi connectivity index (χ0) is 17.5. The monoisotopic (exact) mass is 373 g/mol. The Bertz CT molecular complexity index is 590. The van der Waals surface area contributed by atoms with E-state index in [1.165, 1.54) is 0 Å². The molecule has 8 heteroatoms. The summed E-state index contributed by atoms with van der Waals surface area (Å²) in [7, 11) is 0. The summed E-state index contributed by atoms with van der Waals surface area (Å²) in [6.07, 6.45) is 0. The van der Waals surface area contributed by atoms with Crippen LogP contribution in [0.2, 0.25) is 10.0 Å². The third-order valence-corrected chi connectivity index (χ3v) is 4.26. The summed E-state index contributed by atoms with van der Waals surface area (Å²) >= 11 is 11.9. The first kappa shape index (κ1) is 18.8. The molecule has 1 aliphatic heterocycles. The lowest BCUT2D eigenvalue weighted by molar-refractivity contribution is -0.135. The van der Waals surface area contributed by atoms with Gasteiger partial charge in [0.25, 0.3) is 5.91 Å². The second-order valence-corrected chi connectivity index (χ2v) is 6.32. The SMILES string of the molecule is CCNC(=O)CN1CCN(C(=O)COc2cc(Cl)ccc2Cl)CC1. The highest BCUT2D eigenvalue weighted by molar-refractivity contribution is 6.34. The summed E-state index contributed by atoms with van der Waals surface area (Å²) in [5, 5.41) is 3.69. The number of nitrogens with one attached hydrogen (secondary N) is 1. The summed E-state index contributed by atoms with van der Waals surface area (Å²) in [4.78, 5) is 27.6. The standard InChI is InChI=1S/C16H21Cl2N3O3/c1-2-19-15(22)10-20-5-7-21(8-6-20)16(23)11-24-14-9-12(17)3-4-13(14)18/h3-4,9H,2,5-8,10-11H2,1H3,(H,19,22). The van der Waals surface area contributed by atoms with E-state index in [-0.39, 0.29) is 18.4 Å². The lowest BCUT2D eigenvalue weighted by Gasteiger charge is -2.34. The molecule has 1 N–H and O–H groups in total. The predicted molar refractivity (Wildman–Crippen MR) is 93.7 cm³/mol. The third kappa shape index (κ3) is 5.54. The Balaban J connectivity index is 1.76. The second kappa shape index (κ2) is 9.11. The minimum absolute atomic E-state index is 0.0104. The average molecular weight is 374 g/mol. The number of nitrogens with zero attached hydrogens (tertiary/aromatic N) is 2. The lowest BCUT2D eigenvalue weighted by Crippen LogP contribution is -2.52. The number of halogens is 2. The quantitative estimate of drug-likeness (QED) is 0.823. The molecule has 0 bridgehead atoms. The third-order valence-electron chi connectivity index (χ3n) is 3.71. The van der Waals surface area contributed by atoms with E-state index in [0.29, 0.717) is 55.1 Å². The molecule has 1 saturated heterocycles. The van der Waals surface area contributed by atoms with Gasteiger partial charge in [0, 0.05) is 43.8 Å². The van der Waals surface area contributed by atoms with Crippen molar-refractivity contribution in [3.05, 3.63) is 28.2 Å². The van der Waals surface area contributed by atoms with Crippen LogP contribution in [0.4, 0.5) is 0 Å². The minimum atomic E-state index is -0.108. The molecule has 2 rings (SSSR count). The molecule has 0 aromatic heterocycles. The largest absolute Gasteiger partial charge is 0.482 e. The van der Waals surface area contributed by atoms with Crippen molar-refractivity contribution in [1.82, 2.24) is 15.1 Å². The first-order valence-corrected chi connectivity index (χ1v) is 8.60. The van der Waals surface area contributed by atoms with E-state index < -0.39 is 0 Å². The molecule has 2 amide bonds. The van der Waals surface area contributed by atoms with Gasteiger partial charge in [0.05, 0.1) is 11.6 Å². The van der Waals surface area contributed by atoms with Gasteiger partial charge in [0.2, 0.25) is 5.91 Å². The molecule has 1 fully saturated rings. The number of likely N-dealkylation sites (N-methyl/N-ethyl adjacent to an activating group) is 1. The summed E-state index contributed by atoms with van der Waals surface area (Å²) < 4.78 is 5.47. The fraction of sp³-hybridized carbons (Fsp3) is 0.500. The van der Waals surface area contributed by atoms with E-state index in [1.807, 2.05) is 11.8 Å². The highest BCUT2D eigenvalue weighted by atomic mass is 35.5. The van der Waals surface area contributed by atoms with Crippen molar-refractivity contribution in [2.75, 3.05) is 45.9 Å². The molecule has 1 aliphatic rings. The van der Waals surface area contributed by atoms with Gasteiger partial charge in [-0.25, -0.2) is 0 Å². The molecule has 0 radical (unpaired) electrons. The summed E-state index contributed by atoms with van der Waals surface area (Å²) in [6.45, 7) is 5.28. The Labute approximate surface area is 151 Å². The van der Waals surface area contributed by atoms with E-state index in [1.54, 1.807) is 23.1 Å². The number of benzene rings is 1. The van der Waals surface area contributed by atoms with Gasteiger partial charge in [0.1, 0.15) is 5.75 Å². The van der Waals surface area contributed by atoms with E-state index in [9.17, 15) is 9.59 Å². The number of amides is 2. The molecule has 1 aromatic rings. The molecule has 132 valence electrons. The van der Waals surface area contributed by atoms with Crippen LogP contribution in [0.5, 0.6) is 5.75 Å². The Kier molecular flexibility index (Phi) is 7.15. The smallest absolute Gasteiger partial charge is 0.260 e. The van der Waals surface area contributed by atoms with Crippen molar-refractivity contribution in [3.8, 4) is 5.75 Å². The molecule has 6 nitrogen and oxygen atoms in total. The van der Waals surface area contributed by atoms with E-state index in [4.69, 9.17) is 27.9 Å².